The summed E-state index contributed by atoms with van der Waals surface area (Å²) in [7, 11) is 1.29. The first-order valence-corrected chi connectivity index (χ1v) is 13.7. The van der Waals surface area contributed by atoms with E-state index in [-0.39, 0.29) is 5.56 Å². The van der Waals surface area contributed by atoms with Crippen LogP contribution in [0.3, 0.4) is 0 Å². The number of nitrogens with zero attached hydrogens (tertiary/aromatic N) is 3. The summed E-state index contributed by atoms with van der Waals surface area (Å²) in [4.78, 5) is 25.1. The third-order valence-electron chi connectivity index (χ3n) is 7.32. The molecule has 8 nitrogen and oxygen atoms in total. The van der Waals surface area contributed by atoms with Gasteiger partial charge >= 0.3 is 18.2 Å². The zero-order chi connectivity index (χ0) is 31.0. The van der Waals surface area contributed by atoms with Gasteiger partial charge < -0.3 is 14.8 Å². The van der Waals surface area contributed by atoms with Crippen LogP contribution in [0.15, 0.2) is 72.9 Å². The van der Waals surface area contributed by atoms with E-state index in [1.807, 2.05) is 51.1 Å². The highest BCUT2D eigenvalue weighted by molar-refractivity contribution is 5.92. The zero-order valence-corrected chi connectivity index (χ0v) is 24.2. The van der Waals surface area contributed by atoms with Crippen LogP contribution in [0.25, 0.3) is 28.1 Å². The Bertz CT molecular complexity index is 1640. The Labute approximate surface area is 246 Å². The number of alkyl carbamates (subject to hydrolysis) is 1. The van der Waals surface area contributed by atoms with Crippen LogP contribution in [0, 0.1) is 0 Å². The molecule has 0 atom stereocenters. The van der Waals surface area contributed by atoms with Gasteiger partial charge in [0, 0.05) is 5.56 Å². The first-order valence-electron chi connectivity index (χ1n) is 13.7. The second-order valence-corrected chi connectivity index (χ2v) is 11.5. The third-order valence-corrected chi connectivity index (χ3v) is 7.32. The topological polar surface area (TPSA) is 95.3 Å². The van der Waals surface area contributed by atoms with Gasteiger partial charge in [-0.3, -0.25) is 0 Å². The molecule has 0 unspecified atom stereocenters. The van der Waals surface area contributed by atoms with Crippen molar-refractivity contribution in [1.82, 2.24) is 20.3 Å². The van der Waals surface area contributed by atoms with Gasteiger partial charge in [0.25, 0.3) is 0 Å². The number of alkyl halides is 3. The number of rotatable bonds is 6. The van der Waals surface area contributed by atoms with Gasteiger partial charge in [0.15, 0.2) is 0 Å². The summed E-state index contributed by atoms with van der Waals surface area (Å²) < 4.78 is 50.8. The summed E-state index contributed by atoms with van der Waals surface area (Å²) in [6.45, 7) is 5.46. The standard InChI is InChI=1S/C32H31F3N4O4/c1-30(2,3)43-29(41)36-31(14-5-15-31)24-10-6-20(7-11-24)22-16-23(28(40)42-4)18-26(17-22)39-19-27(37-38-39)21-8-12-25(13-9-21)32(33,34)35/h6-13,16-19H,5,14-15H2,1-4H3,(H,36,41). The van der Waals surface area contributed by atoms with Gasteiger partial charge in [0.2, 0.25) is 0 Å². The number of methoxy groups -OCH3 is 1. The Morgan fingerprint density at radius 2 is 1.56 bits per heavy atom. The average Bonchev–Trinajstić information content (AvgIpc) is 3.44. The van der Waals surface area contributed by atoms with Gasteiger partial charge in [0.1, 0.15) is 11.3 Å². The van der Waals surface area contributed by atoms with E-state index < -0.39 is 34.9 Å². The second kappa shape index (κ2) is 11.2. The molecule has 0 radical (unpaired) electrons. The molecule has 1 amide bonds. The molecule has 0 spiro atoms. The van der Waals surface area contributed by atoms with Crippen LogP contribution in [0.4, 0.5) is 18.0 Å². The van der Waals surface area contributed by atoms with Crippen molar-refractivity contribution < 1.29 is 32.2 Å². The Morgan fingerprint density at radius 1 is 0.907 bits per heavy atom. The molecule has 0 aliphatic heterocycles. The fourth-order valence-corrected chi connectivity index (χ4v) is 4.99. The molecular weight excluding hydrogens is 561 g/mol. The van der Waals surface area contributed by atoms with E-state index in [2.05, 4.69) is 15.6 Å². The molecule has 224 valence electrons. The normalized spacial score (nSPS) is 14.5. The van der Waals surface area contributed by atoms with Gasteiger partial charge in [-0.05, 0) is 87.1 Å². The van der Waals surface area contributed by atoms with Crippen LogP contribution in [0.2, 0.25) is 0 Å². The summed E-state index contributed by atoms with van der Waals surface area (Å²) in [6.07, 6.45) is -0.757. The third kappa shape index (κ3) is 6.55. The van der Waals surface area contributed by atoms with Crippen molar-refractivity contribution in [2.75, 3.05) is 7.11 Å². The molecule has 1 N–H and O–H groups in total. The maximum atomic E-state index is 13.0. The molecule has 43 heavy (non-hydrogen) atoms. The highest BCUT2D eigenvalue weighted by atomic mass is 19.4. The second-order valence-electron chi connectivity index (χ2n) is 11.5. The van der Waals surface area contributed by atoms with Gasteiger partial charge in [-0.2, -0.15) is 13.2 Å². The van der Waals surface area contributed by atoms with Crippen LogP contribution < -0.4 is 5.32 Å². The first kappa shape index (κ1) is 29.8. The Hall–Kier alpha value is -4.67. The molecule has 1 aromatic heterocycles. The van der Waals surface area contributed by atoms with Crippen molar-refractivity contribution in [3.63, 3.8) is 0 Å². The highest BCUT2D eigenvalue weighted by Crippen LogP contribution is 2.42. The summed E-state index contributed by atoms with van der Waals surface area (Å²) in [6, 6.07) is 17.5. The van der Waals surface area contributed by atoms with Crippen molar-refractivity contribution >= 4 is 12.1 Å². The lowest BCUT2D eigenvalue weighted by Gasteiger charge is -2.43. The van der Waals surface area contributed by atoms with Crippen molar-refractivity contribution in [2.45, 2.75) is 57.3 Å². The molecule has 1 aliphatic rings. The predicted octanol–water partition coefficient (Wildman–Crippen LogP) is 7.31. The monoisotopic (exact) mass is 592 g/mol. The maximum Gasteiger partial charge on any atom is 0.416 e. The van der Waals surface area contributed by atoms with Gasteiger partial charge in [-0.25, -0.2) is 14.3 Å². The van der Waals surface area contributed by atoms with E-state index >= 15 is 0 Å². The minimum Gasteiger partial charge on any atom is -0.465 e. The van der Waals surface area contributed by atoms with E-state index in [0.717, 1.165) is 42.5 Å². The molecule has 1 fully saturated rings. The SMILES string of the molecule is COC(=O)c1cc(-c2ccc(C3(NC(=O)OC(C)(C)C)CCC3)cc2)cc(-n2cc(-c3ccc(C(F)(F)F)cc3)nn2)c1. The number of esters is 1. The number of ether oxygens (including phenoxy) is 2. The lowest BCUT2D eigenvalue weighted by Crippen LogP contribution is -2.52. The minimum absolute atomic E-state index is 0.285. The number of carbonyl (C=O) groups is 2. The number of nitrogens with one attached hydrogen (secondary N) is 1. The molecule has 11 heteroatoms. The van der Waals surface area contributed by atoms with Crippen molar-refractivity contribution in [3.8, 4) is 28.1 Å². The van der Waals surface area contributed by atoms with E-state index in [0.29, 0.717) is 22.5 Å². The number of carbonyl (C=O) groups excluding carboxylic acids is 2. The summed E-state index contributed by atoms with van der Waals surface area (Å²) in [5.41, 5.74) is 2.23. The van der Waals surface area contributed by atoms with E-state index in [1.165, 1.54) is 23.9 Å². The molecule has 0 bridgehead atoms. The minimum atomic E-state index is -4.44. The lowest BCUT2D eigenvalue weighted by atomic mass is 9.71. The number of aromatic nitrogens is 3. The Kier molecular flexibility index (Phi) is 7.76. The number of benzene rings is 3. The molecule has 1 heterocycles. The Morgan fingerprint density at radius 3 is 2.12 bits per heavy atom. The van der Waals surface area contributed by atoms with Crippen LogP contribution >= 0.6 is 0 Å². The molecule has 5 rings (SSSR count). The van der Waals surface area contributed by atoms with Crippen LogP contribution in [-0.2, 0) is 21.2 Å². The predicted molar refractivity (Wildman–Crippen MR) is 153 cm³/mol. The molecule has 1 saturated carbocycles. The average molecular weight is 593 g/mol. The summed E-state index contributed by atoms with van der Waals surface area (Å²) >= 11 is 0. The highest BCUT2D eigenvalue weighted by Gasteiger charge is 2.41. The van der Waals surface area contributed by atoms with Crippen LogP contribution in [-0.4, -0.2) is 39.8 Å². The van der Waals surface area contributed by atoms with Crippen LogP contribution in [0.5, 0.6) is 0 Å². The fraction of sp³-hybridized carbons (Fsp3) is 0.312. The molecule has 0 saturated heterocycles. The number of amides is 1. The largest absolute Gasteiger partial charge is 0.465 e. The zero-order valence-electron chi connectivity index (χ0n) is 24.2. The smallest absolute Gasteiger partial charge is 0.416 e. The van der Waals surface area contributed by atoms with Crippen molar-refractivity contribution in [3.05, 3.63) is 89.6 Å². The molecule has 1 aliphatic carbocycles. The van der Waals surface area contributed by atoms with Gasteiger partial charge in [0.05, 0.1) is 35.7 Å². The lowest BCUT2D eigenvalue weighted by molar-refractivity contribution is -0.137. The summed E-state index contributed by atoms with van der Waals surface area (Å²) in [5.74, 6) is -0.544. The summed E-state index contributed by atoms with van der Waals surface area (Å²) in [5, 5.41) is 11.3. The quantitative estimate of drug-likeness (QED) is 0.236. The van der Waals surface area contributed by atoms with E-state index in [9.17, 15) is 22.8 Å². The number of halogens is 3. The Balaban J connectivity index is 1.44. The van der Waals surface area contributed by atoms with E-state index in [4.69, 9.17) is 9.47 Å². The molecule has 4 aromatic rings. The van der Waals surface area contributed by atoms with Crippen LogP contribution in [0.1, 0.15) is 61.5 Å². The number of hydrogen-bond acceptors (Lipinski definition) is 6. The van der Waals surface area contributed by atoms with Crippen molar-refractivity contribution in [1.29, 1.82) is 0 Å². The molecular formula is C32H31F3N4O4. The first-order chi connectivity index (χ1) is 20.3. The van der Waals surface area contributed by atoms with Crippen molar-refractivity contribution in [2.24, 2.45) is 0 Å². The van der Waals surface area contributed by atoms with Gasteiger partial charge in [-0.1, -0.05) is 41.6 Å². The van der Waals surface area contributed by atoms with Gasteiger partial charge in [-0.15, -0.1) is 5.10 Å². The maximum absolute atomic E-state index is 13.0. The molecule has 3 aromatic carbocycles. The fourth-order valence-electron chi connectivity index (χ4n) is 4.99. The van der Waals surface area contributed by atoms with E-state index in [1.54, 1.807) is 18.3 Å². The number of hydrogen-bond donors (Lipinski definition) is 1.